The number of benzene rings is 1. The van der Waals surface area contributed by atoms with Crippen molar-refractivity contribution >= 4 is 11.3 Å². The summed E-state index contributed by atoms with van der Waals surface area (Å²) >= 11 is 1.73. The zero-order valence-electron chi connectivity index (χ0n) is 10.2. The Morgan fingerprint density at radius 1 is 1.06 bits per heavy atom. The van der Waals surface area contributed by atoms with Crippen molar-refractivity contribution < 1.29 is 5.11 Å². The maximum absolute atomic E-state index is 9.87. The fourth-order valence-corrected chi connectivity index (χ4v) is 2.62. The predicted octanol–water partition coefficient (Wildman–Crippen LogP) is 3.36. The number of thiophene rings is 1. The highest BCUT2D eigenvalue weighted by Gasteiger charge is 2.03. The summed E-state index contributed by atoms with van der Waals surface area (Å²) in [7, 11) is 0. The number of rotatable bonds is 4. The lowest BCUT2D eigenvalue weighted by atomic mass is 10.1. The van der Waals surface area contributed by atoms with E-state index in [0.29, 0.717) is 12.3 Å². The van der Waals surface area contributed by atoms with Gasteiger partial charge in [-0.3, -0.25) is 0 Å². The summed E-state index contributed by atoms with van der Waals surface area (Å²) in [6, 6.07) is 5.85. The van der Waals surface area contributed by atoms with Crippen molar-refractivity contribution in [3.8, 4) is 5.75 Å². The maximum Gasteiger partial charge on any atom is 0.122 e. The van der Waals surface area contributed by atoms with Crippen LogP contribution in [0.4, 0.5) is 0 Å². The molecule has 0 aliphatic heterocycles. The minimum absolute atomic E-state index is 0.405. The zero-order valence-corrected chi connectivity index (χ0v) is 11.0. The molecule has 0 fully saturated rings. The first-order chi connectivity index (χ1) is 8.18. The van der Waals surface area contributed by atoms with Crippen LogP contribution in [0.25, 0.3) is 0 Å². The van der Waals surface area contributed by atoms with E-state index in [1.165, 1.54) is 11.1 Å². The molecule has 0 bridgehead atoms. The zero-order chi connectivity index (χ0) is 12.3. The minimum Gasteiger partial charge on any atom is -0.507 e. The van der Waals surface area contributed by atoms with Gasteiger partial charge in [0, 0.05) is 18.7 Å². The highest BCUT2D eigenvalue weighted by molar-refractivity contribution is 7.08. The van der Waals surface area contributed by atoms with Crippen LogP contribution in [0.1, 0.15) is 22.3 Å². The number of hydrogen-bond donors (Lipinski definition) is 2. The van der Waals surface area contributed by atoms with E-state index >= 15 is 0 Å². The van der Waals surface area contributed by atoms with E-state index in [1.807, 2.05) is 25.1 Å². The van der Waals surface area contributed by atoms with E-state index < -0.39 is 0 Å². The summed E-state index contributed by atoms with van der Waals surface area (Å²) in [4.78, 5) is 0. The highest BCUT2D eigenvalue weighted by atomic mass is 32.1. The minimum atomic E-state index is 0.405. The Morgan fingerprint density at radius 2 is 1.82 bits per heavy atom. The number of phenols is 1. The number of nitrogens with one attached hydrogen (secondary N) is 1. The van der Waals surface area contributed by atoms with Gasteiger partial charge < -0.3 is 10.4 Å². The van der Waals surface area contributed by atoms with Gasteiger partial charge in [-0.1, -0.05) is 18.2 Å². The summed E-state index contributed by atoms with van der Waals surface area (Å²) in [5.41, 5.74) is 4.55. The predicted molar refractivity (Wildman–Crippen MR) is 72.4 cm³/mol. The van der Waals surface area contributed by atoms with Gasteiger partial charge in [0.25, 0.3) is 0 Å². The standard InChI is InChI=1S/C14H17NOS/c1-10-4-3-5-12(14(10)16)6-15-7-13-9-17-8-11(13)2/h3-5,8-9,15-16H,6-7H2,1-2H3. The van der Waals surface area contributed by atoms with Crippen LogP contribution in [0, 0.1) is 13.8 Å². The van der Waals surface area contributed by atoms with Crippen molar-refractivity contribution in [1.29, 1.82) is 0 Å². The first-order valence-corrected chi connectivity index (χ1v) is 6.62. The van der Waals surface area contributed by atoms with Crippen LogP contribution in [0.2, 0.25) is 0 Å². The van der Waals surface area contributed by atoms with Crippen LogP contribution < -0.4 is 5.32 Å². The maximum atomic E-state index is 9.87. The molecule has 1 aromatic heterocycles. The largest absolute Gasteiger partial charge is 0.507 e. The number of aromatic hydroxyl groups is 1. The molecule has 90 valence electrons. The normalized spacial score (nSPS) is 10.7. The number of hydrogen-bond acceptors (Lipinski definition) is 3. The van der Waals surface area contributed by atoms with Gasteiger partial charge in [0.05, 0.1) is 0 Å². The molecule has 2 nitrogen and oxygen atoms in total. The molecular weight excluding hydrogens is 230 g/mol. The van der Waals surface area contributed by atoms with Gasteiger partial charge in [0.1, 0.15) is 5.75 Å². The van der Waals surface area contributed by atoms with Crippen molar-refractivity contribution in [3.63, 3.8) is 0 Å². The summed E-state index contributed by atoms with van der Waals surface area (Å²) < 4.78 is 0. The van der Waals surface area contributed by atoms with Crippen LogP contribution in [0.15, 0.2) is 29.0 Å². The molecule has 0 radical (unpaired) electrons. The molecule has 0 amide bonds. The Morgan fingerprint density at radius 3 is 2.53 bits per heavy atom. The lowest BCUT2D eigenvalue weighted by Crippen LogP contribution is -2.13. The van der Waals surface area contributed by atoms with E-state index in [4.69, 9.17) is 0 Å². The second-order valence-corrected chi connectivity index (χ2v) is 5.01. The molecule has 3 heteroatoms. The molecule has 2 aromatic rings. The SMILES string of the molecule is Cc1cscc1CNCc1cccc(C)c1O. The van der Waals surface area contributed by atoms with E-state index in [2.05, 4.69) is 23.0 Å². The van der Waals surface area contributed by atoms with E-state index in [9.17, 15) is 5.11 Å². The Bertz CT molecular complexity index is 505. The Hall–Kier alpha value is -1.32. The third-order valence-electron chi connectivity index (χ3n) is 2.91. The first-order valence-electron chi connectivity index (χ1n) is 5.68. The second-order valence-electron chi connectivity index (χ2n) is 4.27. The van der Waals surface area contributed by atoms with Crippen molar-refractivity contribution in [3.05, 3.63) is 51.2 Å². The molecule has 0 spiro atoms. The molecule has 0 aliphatic carbocycles. The summed E-state index contributed by atoms with van der Waals surface area (Å²) in [5.74, 6) is 0.405. The van der Waals surface area contributed by atoms with Crippen molar-refractivity contribution in [2.45, 2.75) is 26.9 Å². The lowest BCUT2D eigenvalue weighted by Gasteiger charge is -2.08. The van der Waals surface area contributed by atoms with Crippen molar-refractivity contribution in [2.24, 2.45) is 0 Å². The molecule has 0 saturated carbocycles. The summed E-state index contributed by atoms with van der Waals surface area (Å²) in [6.45, 7) is 5.59. The van der Waals surface area contributed by atoms with Crippen LogP contribution in [-0.4, -0.2) is 5.11 Å². The van der Waals surface area contributed by atoms with Gasteiger partial charge in [-0.05, 0) is 41.3 Å². The lowest BCUT2D eigenvalue weighted by molar-refractivity contribution is 0.460. The van der Waals surface area contributed by atoms with Gasteiger partial charge >= 0.3 is 0 Å². The summed E-state index contributed by atoms with van der Waals surface area (Å²) in [5, 5.41) is 17.6. The molecule has 1 aromatic carbocycles. The molecular formula is C14H17NOS. The monoisotopic (exact) mass is 247 g/mol. The molecule has 0 atom stereocenters. The quantitative estimate of drug-likeness (QED) is 0.868. The van der Waals surface area contributed by atoms with Crippen LogP contribution in [0.3, 0.4) is 0 Å². The third kappa shape index (κ3) is 2.87. The molecule has 17 heavy (non-hydrogen) atoms. The number of para-hydroxylation sites is 1. The smallest absolute Gasteiger partial charge is 0.122 e. The molecule has 2 N–H and O–H groups in total. The fourth-order valence-electron chi connectivity index (χ4n) is 1.76. The van der Waals surface area contributed by atoms with Gasteiger partial charge in [0.15, 0.2) is 0 Å². The highest BCUT2D eigenvalue weighted by Crippen LogP contribution is 2.21. The average molecular weight is 247 g/mol. The average Bonchev–Trinajstić information content (AvgIpc) is 2.71. The first kappa shape index (κ1) is 12.1. The van der Waals surface area contributed by atoms with Gasteiger partial charge in [-0.2, -0.15) is 11.3 Å². The molecule has 0 saturated heterocycles. The van der Waals surface area contributed by atoms with E-state index in [-0.39, 0.29) is 0 Å². The molecule has 0 aliphatic rings. The van der Waals surface area contributed by atoms with Crippen molar-refractivity contribution in [1.82, 2.24) is 5.32 Å². The third-order valence-corrected chi connectivity index (χ3v) is 3.82. The Balaban J connectivity index is 1.95. The topological polar surface area (TPSA) is 32.3 Å². The van der Waals surface area contributed by atoms with Gasteiger partial charge in [-0.15, -0.1) is 0 Å². The van der Waals surface area contributed by atoms with Crippen molar-refractivity contribution in [2.75, 3.05) is 0 Å². The van der Waals surface area contributed by atoms with Crippen LogP contribution in [-0.2, 0) is 13.1 Å². The van der Waals surface area contributed by atoms with Crippen LogP contribution >= 0.6 is 11.3 Å². The molecule has 2 rings (SSSR count). The fraction of sp³-hybridized carbons (Fsp3) is 0.286. The number of aryl methyl sites for hydroxylation is 2. The van der Waals surface area contributed by atoms with Gasteiger partial charge in [0.2, 0.25) is 0 Å². The Kier molecular flexibility index (Phi) is 3.82. The van der Waals surface area contributed by atoms with Gasteiger partial charge in [-0.25, -0.2) is 0 Å². The molecule has 0 unspecified atom stereocenters. The van der Waals surface area contributed by atoms with E-state index in [0.717, 1.165) is 17.7 Å². The second kappa shape index (κ2) is 5.34. The molecule has 1 heterocycles. The van der Waals surface area contributed by atoms with Crippen LogP contribution in [0.5, 0.6) is 5.75 Å². The Labute approximate surface area is 106 Å². The van der Waals surface area contributed by atoms with E-state index in [1.54, 1.807) is 11.3 Å². The summed E-state index contributed by atoms with van der Waals surface area (Å²) in [6.07, 6.45) is 0. The number of phenolic OH excluding ortho intramolecular Hbond substituents is 1.